The lowest BCUT2D eigenvalue weighted by atomic mass is 10.2. The first-order valence-corrected chi connectivity index (χ1v) is 3.59. The van der Waals surface area contributed by atoms with Gasteiger partial charge >= 0.3 is 0 Å². The van der Waals surface area contributed by atoms with Crippen molar-refractivity contribution < 1.29 is 5.11 Å². The molecule has 10 heavy (non-hydrogen) atoms. The van der Waals surface area contributed by atoms with E-state index in [-0.39, 0.29) is 0 Å². The van der Waals surface area contributed by atoms with E-state index in [0.29, 0.717) is 5.76 Å². The van der Waals surface area contributed by atoms with E-state index in [4.69, 9.17) is 5.11 Å². The molecule has 0 atom stereocenters. The molecule has 0 unspecified atom stereocenters. The standard InChI is InChI=1S/C9H12O/c1-2-8-4-3-5-9(10)7-6-8/h4-7,10H,2-3H2,1H3. The summed E-state index contributed by atoms with van der Waals surface area (Å²) in [6, 6.07) is 0. The molecule has 0 amide bonds. The van der Waals surface area contributed by atoms with Gasteiger partial charge in [-0.3, -0.25) is 0 Å². The Hall–Kier alpha value is -0.980. The van der Waals surface area contributed by atoms with Gasteiger partial charge in [0.25, 0.3) is 0 Å². The van der Waals surface area contributed by atoms with Crippen LogP contribution in [0, 0.1) is 0 Å². The highest BCUT2D eigenvalue weighted by molar-refractivity contribution is 5.28. The quantitative estimate of drug-likeness (QED) is 0.587. The molecule has 54 valence electrons. The Kier molecular flexibility index (Phi) is 2.32. The fraction of sp³-hybridized carbons (Fsp3) is 0.333. The van der Waals surface area contributed by atoms with E-state index in [1.165, 1.54) is 5.57 Å². The van der Waals surface area contributed by atoms with Gasteiger partial charge in [-0.25, -0.2) is 0 Å². The van der Waals surface area contributed by atoms with Crippen LogP contribution in [0.3, 0.4) is 0 Å². The Morgan fingerprint density at radius 2 is 2.20 bits per heavy atom. The number of aliphatic hydroxyl groups excluding tert-OH is 1. The van der Waals surface area contributed by atoms with Crippen molar-refractivity contribution in [2.75, 3.05) is 0 Å². The van der Waals surface area contributed by atoms with Gasteiger partial charge in [-0.1, -0.05) is 24.6 Å². The van der Waals surface area contributed by atoms with E-state index >= 15 is 0 Å². The Balaban J connectivity index is 2.69. The van der Waals surface area contributed by atoms with Crippen LogP contribution >= 0.6 is 0 Å². The predicted molar refractivity (Wildman–Crippen MR) is 42.8 cm³/mol. The molecule has 1 aliphatic rings. The minimum atomic E-state index is 0.375. The summed E-state index contributed by atoms with van der Waals surface area (Å²) in [6.45, 7) is 2.11. The van der Waals surface area contributed by atoms with E-state index < -0.39 is 0 Å². The molecule has 0 aromatic rings. The molecule has 0 radical (unpaired) electrons. The van der Waals surface area contributed by atoms with Gasteiger partial charge in [0, 0.05) is 0 Å². The Bertz CT molecular complexity index is 197. The highest BCUT2D eigenvalue weighted by atomic mass is 16.3. The predicted octanol–water partition coefficient (Wildman–Crippen LogP) is 2.72. The average Bonchev–Trinajstić information content (AvgIpc) is 2.14. The Labute approximate surface area is 61.4 Å². The van der Waals surface area contributed by atoms with Gasteiger partial charge in [0.2, 0.25) is 0 Å². The number of aliphatic hydroxyl groups is 1. The third-order valence-corrected chi connectivity index (χ3v) is 1.58. The third-order valence-electron chi connectivity index (χ3n) is 1.58. The smallest absolute Gasteiger partial charge is 0.111 e. The second-order valence-electron chi connectivity index (χ2n) is 2.33. The highest BCUT2D eigenvalue weighted by Crippen LogP contribution is 2.10. The van der Waals surface area contributed by atoms with E-state index in [1.807, 2.05) is 6.08 Å². The molecule has 0 bridgehead atoms. The van der Waals surface area contributed by atoms with E-state index in [1.54, 1.807) is 12.2 Å². The van der Waals surface area contributed by atoms with Crippen LogP contribution in [0.4, 0.5) is 0 Å². The lowest BCUT2D eigenvalue weighted by Gasteiger charge is -1.90. The molecular weight excluding hydrogens is 124 g/mol. The van der Waals surface area contributed by atoms with Gasteiger partial charge < -0.3 is 5.11 Å². The SMILES string of the molecule is CCC1=CCC=C(O)C=C1. The molecule has 0 saturated heterocycles. The molecule has 1 aliphatic carbocycles. The second kappa shape index (κ2) is 3.25. The summed E-state index contributed by atoms with van der Waals surface area (Å²) < 4.78 is 0. The lowest BCUT2D eigenvalue weighted by molar-refractivity contribution is 0.431. The van der Waals surface area contributed by atoms with Crippen LogP contribution in [0.25, 0.3) is 0 Å². The molecule has 0 aromatic carbocycles. The summed E-state index contributed by atoms with van der Waals surface area (Å²) in [7, 11) is 0. The van der Waals surface area contributed by atoms with Crippen molar-refractivity contribution in [1.29, 1.82) is 0 Å². The molecule has 1 rings (SSSR count). The molecular formula is C9H12O. The van der Waals surface area contributed by atoms with Crippen LogP contribution in [0.15, 0.2) is 35.6 Å². The minimum Gasteiger partial charge on any atom is -0.508 e. The van der Waals surface area contributed by atoms with Crippen LogP contribution in [-0.2, 0) is 0 Å². The Morgan fingerprint density at radius 1 is 1.40 bits per heavy atom. The van der Waals surface area contributed by atoms with Gasteiger partial charge in [0.05, 0.1) is 0 Å². The molecule has 1 heteroatoms. The van der Waals surface area contributed by atoms with Crippen molar-refractivity contribution in [3.63, 3.8) is 0 Å². The summed E-state index contributed by atoms with van der Waals surface area (Å²) in [5.74, 6) is 0.375. The van der Waals surface area contributed by atoms with Gasteiger partial charge in [0.15, 0.2) is 0 Å². The maximum absolute atomic E-state index is 9.04. The fourth-order valence-corrected chi connectivity index (χ4v) is 0.922. The first-order valence-electron chi connectivity index (χ1n) is 3.59. The summed E-state index contributed by atoms with van der Waals surface area (Å²) in [5.41, 5.74) is 1.29. The molecule has 1 N–H and O–H groups in total. The van der Waals surface area contributed by atoms with Crippen molar-refractivity contribution in [3.8, 4) is 0 Å². The first kappa shape index (κ1) is 7.13. The summed E-state index contributed by atoms with van der Waals surface area (Å²) in [4.78, 5) is 0. The molecule has 0 aliphatic heterocycles. The molecule has 0 fully saturated rings. The van der Waals surface area contributed by atoms with Crippen molar-refractivity contribution in [2.24, 2.45) is 0 Å². The van der Waals surface area contributed by atoms with E-state index in [9.17, 15) is 0 Å². The zero-order chi connectivity index (χ0) is 7.40. The molecule has 0 heterocycles. The van der Waals surface area contributed by atoms with Crippen LogP contribution < -0.4 is 0 Å². The fourth-order valence-electron chi connectivity index (χ4n) is 0.922. The lowest BCUT2D eigenvalue weighted by Crippen LogP contribution is -1.71. The van der Waals surface area contributed by atoms with Crippen LogP contribution in [0.1, 0.15) is 19.8 Å². The minimum absolute atomic E-state index is 0.375. The summed E-state index contributed by atoms with van der Waals surface area (Å²) in [6.07, 6.45) is 9.51. The number of rotatable bonds is 1. The van der Waals surface area contributed by atoms with Gasteiger partial charge in [-0.2, -0.15) is 0 Å². The molecule has 0 saturated carbocycles. The monoisotopic (exact) mass is 136 g/mol. The largest absolute Gasteiger partial charge is 0.508 e. The number of hydrogen-bond donors (Lipinski definition) is 1. The van der Waals surface area contributed by atoms with Crippen molar-refractivity contribution in [1.82, 2.24) is 0 Å². The van der Waals surface area contributed by atoms with E-state index in [2.05, 4.69) is 13.0 Å². The maximum Gasteiger partial charge on any atom is 0.111 e. The van der Waals surface area contributed by atoms with Crippen molar-refractivity contribution >= 4 is 0 Å². The van der Waals surface area contributed by atoms with Crippen molar-refractivity contribution in [3.05, 3.63) is 35.6 Å². The van der Waals surface area contributed by atoms with Crippen LogP contribution in [0.5, 0.6) is 0 Å². The Morgan fingerprint density at radius 3 is 2.90 bits per heavy atom. The zero-order valence-corrected chi connectivity index (χ0v) is 6.17. The summed E-state index contributed by atoms with van der Waals surface area (Å²) in [5, 5.41) is 9.04. The summed E-state index contributed by atoms with van der Waals surface area (Å²) >= 11 is 0. The molecule has 1 nitrogen and oxygen atoms in total. The molecule has 0 aromatic heterocycles. The first-order chi connectivity index (χ1) is 4.83. The van der Waals surface area contributed by atoms with Crippen LogP contribution in [0.2, 0.25) is 0 Å². The van der Waals surface area contributed by atoms with Gasteiger partial charge in [0.1, 0.15) is 5.76 Å². The average molecular weight is 136 g/mol. The normalized spacial score (nSPS) is 17.7. The maximum atomic E-state index is 9.04. The highest BCUT2D eigenvalue weighted by Gasteiger charge is 1.92. The third kappa shape index (κ3) is 1.76. The second-order valence-corrected chi connectivity index (χ2v) is 2.33. The topological polar surface area (TPSA) is 20.2 Å². The van der Waals surface area contributed by atoms with Gasteiger partial charge in [-0.05, 0) is 25.0 Å². The van der Waals surface area contributed by atoms with Crippen molar-refractivity contribution in [2.45, 2.75) is 19.8 Å². The number of allylic oxidation sites excluding steroid dienone is 5. The number of hydrogen-bond acceptors (Lipinski definition) is 1. The van der Waals surface area contributed by atoms with E-state index in [0.717, 1.165) is 12.8 Å². The molecule has 0 spiro atoms. The van der Waals surface area contributed by atoms with Crippen LogP contribution in [-0.4, -0.2) is 5.11 Å². The van der Waals surface area contributed by atoms with Gasteiger partial charge in [-0.15, -0.1) is 0 Å². The zero-order valence-electron chi connectivity index (χ0n) is 6.17.